The molecule has 2 fully saturated rings. The summed E-state index contributed by atoms with van der Waals surface area (Å²) in [6, 6.07) is 0. The first-order valence-corrected chi connectivity index (χ1v) is 6.93. The van der Waals surface area contributed by atoms with Gasteiger partial charge in [0.05, 0.1) is 0 Å². The van der Waals surface area contributed by atoms with Gasteiger partial charge >= 0.3 is 0 Å². The van der Waals surface area contributed by atoms with E-state index in [9.17, 15) is 4.79 Å². The number of primary amides is 1. The molecular formula is C13H25N3O. The number of hydrogen-bond acceptors (Lipinski definition) is 3. The summed E-state index contributed by atoms with van der Waals surface area (Å²) >= 11 is 0. The van der Waals surface area contributed by atoms with Crippen LogP contribution >= 0.6 is 0 Å². The number of amides is 1. The zero-order valence-electron chi connectivity index (χ0n) is 10.9. The number of nitrogens with two attached hydrogens (primary N) is 1. The van der Waals surface area contributed by atoms with Crippen molar-refractivity contribution in [3.05, 3.63) is 0 Å². The van der Waals surface area contributed by atoms with Gasteiger partial charge in [0.25, 0.3) is 0 Å². The number of nitrogens with zero attached hydrogens (tertiary/aromatic N) is 1. The van der Waals surface area contributed by atoms with Crippen LogP contribution in [0.2, 0.25) is 0 Å². The summed E-state index contributed by atoms with van der Waals surface area (Å²) in [5.74, 6) is 0.634. The summed E-state index contributed by atoms with van der Waals surface area (Å²) in [5, 5.41) is 3.46. The molecule has 0 unspecified atom stereocenters. The van der Waals surface area contributed by atoms with Crippen molar-refractivity contribution in [3.63, 3.8) is 0 Å². The predicted molar refractivity (Wildman–Crippen MR) is 68.6 cm³/mol. The molecule has 0 radical (unpaired) electrons. The van der Waals surface area contributed by atoms with Gasteiger partial charge in [-0.3, -0.25) is 4.79 Å². The normalized spacial score (nSPS) is 24.8. The highest BCUT2D eigenvalue weighted by Gasteiger charge is 2.40. The number of carbonyl (C=O) groups is 1. The zero-order valence-corrected chi connectivity index (χ0v) is 10.9. The van der Waals surface area contributed by atoms with Crippen LogP contribution in [0.3, 0.4) is 0 Å². The summed E-state index contributed by atoms with van der Waals surface area (Å²) in [5.41, 5.74) is 5.18. The Morgan fingerprint density at radius 2 is 2.06 bits per heavy atom. The minimum atomic E-state index is -0.424. The number of rotatable bonds is 6. The molecule has 0 aromatic carbocycles. The Morgan fingerprint density at radius 1 is 1.41 bits per heavy atom. The van der Waals surface area contributed by atoms with E-state index in [1.807, 2.05) is 0 Å². The highest BCUT2D eigenvalue weighted by Crippen LogP contribution is 2.30. The van der Waals surface area contributed by atoms with Crippen molar-refractivity contribution in [1.82, 2.24) is 10.2 Å². The fourth-order valence-corrected chi connectivity index (χ4v) is 2.65. The second-order valence-electron chi connectivity index (χ2n) is 5.61. The monoisotopic (exact) mass is 239 g/mol. The van der Waals surface area contributed by atoms with E-state index < -0.39 is 5.54 Å². The maximum absolute atomic E-state index is 11.7. The Balaban J connectivity index is 1.87. The highest BCUT2D eigenvalue weighted by molar-refractivity contribution is 5.84. The van der Waals surface area contributed by atoms with Crippen LogP contribution in [0.15, 0.2) is 0 Å². The van der Waals surface area contributed by atoms with E-state index >= 15 is 0 Å². The molecule has 0 aromatic rings. The van der Waals surface area contributed by atoms with Gasteiger partial charge in [-0.15, -0.1) is 0 Å². The molecule has 0 spiro atoms. The number of piperidine rings is 1. The molecule has 0 atom stereocenters. The van der Waals surface area contributed by atoms with Crippen molar-refractivity contribution in [2.45, 2.75) is 44.6 Å². The van der Waals surface area contributed by atoms with E-state index in [4.69, 9.17) is 5.73 Å². The molecule has 2 aliphatic rings. The molecule has 2 rings (SSSR count). The fraction of sp³-hybridized carbons (Fsp3) is 0.923. The maximum Gasteiger partial charge on any atom is 0.237 e. The van der Waals surface area contributed by atoms with Crippen LogP contribution in [0.1, 0.15) is 39.0 Å². The molecule has 1 amide bonds. The van der Waals surface area contributed by atoms with Crippen molar-refractivity contribution >= 4 is 5.91 Å². The van der Waals surface area contributed by atoms with Crippen LogP contribution in [0.4, 0.5) is 0 Å². The van der Waals surface area contributed by atoms with Crippen LogP contribution in [0, 0.1) is 5.92 Å². The molecule has 4 heteroatoms. The van der Waals surface area contributed by atoms with Gasteiger partial charge in [0.2, 0.25) is 5.91 Å². The van der Waals surface area contributed by atoms with Gasteiger partial charge in [0, 0.05) is 13.1 Å². The number of carbonyl (C=O) groups excluding carboxylic acids is 1. The minimum Gasteiger partial charge on any atom is -0.368 e. The predicted octanol–water partition coefficient (Wildman–Crippen LogP) is 0.716. The van der Waals surface area contributed by atoms with E-state index in [1.165, 1.54) is 19.3 Å². The fourth-order valence-electron chi connectivity index (χ4n) is 2.65. The lowest BCUT2D eigenvalue weighted by atomic mass is 9.86. The van der Waals surface area contributed by atoms with E-state index in [-0.39, 0.29) is 5.91 Å². The third-order valence-corrected chi connectivity index (χ3v) is 4.15. The number of nitrogens with one attached hydrogen (secondary N) is 1. The van der Waals surface area contributed by atoms with Crippen LogP contribution in [0.5, 0.6) is 0 Å². The Morgan fingerprint density at radius 3 is 2.53 bits per heavy atom. The molecule has 0 aromatic heterocycles. The molecule has 4 nitrogen and oxygen atoms in total. The summed E-state index contributed by atoms with van der Waals surface area (Å²) in [6.07, 6.45) is 5.54. The second-order valence-corrected chi connectivity index (χ2v) is 5.61. The van der Waals surface area contributed by atoms with Crippen LogP contribution in [-0.2, 0) is 4.79 Å². The molecule has 3 N–H and O–H groups in total. The largest absolute Gasteiger partial charge is 0.368 e. The molecule has 1 aliphatic heterocycles. The third-order valence-electron chi connectivity index (χ3n) is 4.15. The molecule has 1 aliphatic carbocycles. The topological polar surface area (TPSA) is 58.4 Å². The average Bonchev–Trinajstić information content (AvgIpc) is 3.12. The zero-order chi connectivity index (χ0) is 12.3. The quantitative estimate of drug-likeness (QED) is 0.718. The van der Waals surface area contributed by atoms with E-state index in [0.29, 0.717) is 0 Å². The van der Waals surface area contributed by atoms with Crippen molar-refractivity contribution in [1.29, 1.82) is 0 Å². The molecule has 1 heterocycles. The van der Waals surface area contributed by atoms with Crippen molar-refractivity contribution < 1.29 is 4.79 Å². The van der Waals surface area contributed by atoms with Crippen molar-refractivity contribution in [2.24, 2.45) is 11.7 Å². The third kappa shape index (κ3) is 3.19. The minimum absolute atomic E-state index is 0.158. The summed E-state index contributed by atoms with van der Waals surface area (Å²) < 4.78 is 0. The van der Waals surface area contributed by atoms with Gasteiger partial charge in [-0.05, 0) is 51.1 Å². The first kappa shape index (κ1) is 12.8. The lowest BCUT2D eigenvalue weighted by molar-refractivity contribution is -0.126. The SMILES string of the molecule is CCCN1CCC(NCC2CC2)(C(N)=O)CC1. The van der Waals surface area contributed by atoms with Gasteiger partial charge in [-0.25, -0.2) is 0 Å². The Labute approximate surface area is 104 Å². The summed E-state index contributed by atoms with van der Waals surface area (Å²) in [4.78, 5) is 14.1. The first-order chi connectivity index (χ1) is 8.16. The summed E-state index contributed by atoms with van der Waals surface area (Å²) in [7, 11) is 0. The van der Waals surface area contributed by atoms with Crippen molar-refractivity contribution in [3.8, 4) is 0 Å². The number of hydrogen-bond donors (Lipinski definition) is 2. The molecule has 98 valence electrons. The molecule has 1 saturated heterocycles. The van der Waals surface area contributed by atoms with Gasteiger partial charge in [0.1, 0.15) is 5.54 Å². The summed E-state index contributed by atoms with van der Waals surface area (Å²) in [6.45, 7) is 6.29. The van der Waals surface area contributed by atoms with E-state index in [0.717, 1.165) is 44.9 Å². The van der Waals surface area contributed by atoms with Gasteiger partial charge in [-0.2, -0.15) is 0 Å². The average molecular weight is 239 g/mol. The first-order valence-electron chi connectivity index (χ1n) is 6.93. The smallest absolute Gasteiger partial charge is 0.237 e. The van der Waals surface area contributed by atoms with Gasteiger partial charge in [0.15, 0.2) is 0 Å². The van der Waals surface area contributed by atoms with Crippen LogP contribution in [-0.4, -0.2) is 42.5 Å². The van der Waals surface area contributed by atoms with E-state index in [2.05, 4.69) is 17.1 Å². The van der Waals surface area contributed by atoms with Gasteiger partial charge < -0.3 is 16.0 Å². The Kier molecular flexibility index (Phi) is 4.05. The lowest BCUT2D eigenvalue weighted by Gasteiger charge is -2.40. The molecule has 17 heavy (non-hydrogen) atoms. The standard InChI is InChI=1S/C13H25N3O/c1-2-7-16-8-5-13(6-9-16,12(14)17)15-10-11-3-4-11/h11,15H,2-10H2,1H3,(H2,14,17). The van der Waals surface area contributed by atoms with Crippen molar-refractivity contribution in [2.75, 3.05) is 26.2 Å². The number of likely N-dealkylation sites (tertiary alicyclic amines) is 1. The molecular weight excluding hydrogens is 214 g/mol. The second kappa shape index (κ2) is 5.36. The highest BCUT2D eigenvalue weighted by atomic mass is 16.1. The molecule has 0 bridgehead atoms. The Hall–Kier alpha value is -0.610. The van der Waals surface area contributed by atoms with Crippen LogP contribution in [0.25, 0.3) is 0 Å². The molecule has 1 saturated carbocycles. The lowest BCUT2D eigenvalue weighted by Crippen LogP contribution is -2.61. The van der Waals surface area contributed by atoms with Crippen LogP contribution < -0.4 is 11.1 Å². The van der Waals surface area contributed by atoms with E-state index in [1.54, 1.807) is 0 Å². The maximum atomic E-state index is 11.7. The van der Waals surface area contributed by atoms with Gasteiger partial charge in [-0.1, -0.05) is 6.92 Å². The Bertz CT molecular complexity index is 268.